The molecule has 1 atom stereocenters. The largest absolute Gasteiger partial charge is 0.458 e. The molecule has 21 heavy (non-hydrogen) atoms. The van der Waals surface area contributed by atoms with Crippen molar-refractivity contribution in [2.75, 3.05) is 18.6 Å². The van der Waals surface area contributed by atoms with Gasteiger partial charge in [0.1, 0.15) is 11.6 Å². The zero-order chi connectivity index (χ0) is 16.3. The molecule has 8 nitrogen and oxygen atoms in total. The molecule has 0 aromatic rings. The van der Waals surface area contributed by atoms with E-state index in [2.05, 4.69) is 8.95 Å². The van der Waals surface area contributed by atoms with Crippen molar-refractivity contribution in [3.05, 3.63) is 0 Å². The molecule has 0 aromatic heterocycles. The number of rotatable bonds is 7. The van der Waals surface area contributed by atoms with Crippen LogP contribution in [0.4, 0.5) is 0 Å². The van der Waals surface area contributed by atoms with Crippen LogP contribution < -0.4 is 5.32 Å². The number of hydrogen-bond donors (Lipinski definition) is 1. The minimum Gasteiger partial charge on any atom is -0.458 e. The molecule has 1 N–H and O–H groups in total. The molecule has 0 unspecified atom stereocenters. The molecule has 0 radical (unpaired) electrons. The van der Waals surface area contributed by atoms with E-state index in [-0.39, 0.29) is 12.5 Å². The van der Waals surface area contributed by atoms with Gasteiger partial charge in [0.25, 0.3) is 20.2 Å². The summed E-state index contributed by atoms with van der Waals surface area (Å²) in [4.78, 5) is 11.9. The summed E-state index contributed by atoms with van der Waals surface area (Å²) in [6.07, 6.45) is 2.16. The third-order valence-electron chi connectivity index (χ3n) is 2.90. The van der Waals surface area contributed by atoms with Gasteiger partial charge in [-0.15, -0.1) is 3.63 Å². The zero-order valence-electron chi connectivity index (χ0n) is 12.3. The van der Waals surface area contributed by atoms with Crippen molar-refractivity contribution < 1.29 is 30.0 Å². The van der Waals surface area contributed by atoms with Crippen LogP contribution >= 0.6 is 0 Å². The third-order valence-corrected chi connectivity index (χ3v) is 5.43. The number of carbonyl (C=O) groups is 1. The standard InChI is InChI=1S/C11H21NO7S2/c1-11(2,18-10(13)9-5-4-7-12-9)6-8-21(16,17)19-20(3,14)15/h9,12H,4-8H2,1-3H3/t9-/m0/s1. The van der Waals surface area contributed by atoms with Gasteiger partial charge in [0.05, 0.1) is 12.0 Å². The first-order valence-electron chi connectivity index (χ1n) is 6.50. The van der Waals surface area contributed by atoms with Crippen LogP contribution in [0.3, 0.4) is 0 Å². The molecule has 0 amide bonds. The van der Waals surface area contributed by atoms with E-state index < -0.39 is 37.6 Å². The fourth-order valence-corrected chi connectivity index (χ4v) is 4.39. The van der Waals surface area contributed by atoms with Crippen LogP contribution in [0, 0.1) is 0 Å². The lowest BCUT2D eigenvalue weighted by Gasteiger charge is -2.26. The highest BCUT2D eigenvalue weighted by molar-refractivity contribution is 7.99. The lowest BCUT2D eigenvalue weighted by atomic mass is 10.1. The maximum absolute atomic E-state index is 11.9. The van der Waals surface area contributed by atoms with Gasteiger partial charge in [-0.05, 0) is 33.2 Å². The van der Waals surface area contributed by atoms with Crippen LogP contribution in [0.2, 0.25) is 0 Å². The highest BCUT2D eigenvalue weighted by atomic mass is 32.3. The molecule has 1 fully saturated rings. The van der Waals surface area contributed by atoms with E-state index in [1.54, 1.807) is 13.8 Å². The van der Waals surface area contributed by atoms with Gasteiger partial charge in [0.15, 0.2) is 0 Å². The lowest BCUT2D eigenvalue weighted by Crippen LogP contribution is -2.39. The lowest BCUT2D eigenvalue weighted by molar-refractivity contribution is -0.158. The molecule has 10 heteroatoms. The monoisotopic (exact) mass is 343 g/mol. The Hall–Kier alpha value is -0.710. The molecule has 0 bridgehead atoms. The number of esters is 1. The molecule has 0 saturated carbocycles. The Morgan fingerprint density at radius 1 is 1.29 bits per heavy atom. The zero-order valence-corrected chi connectivity index (χ0v) is 13.9. The summed E-state index contributed by atoms with van der Waals surface area (Å²) >= 11 is 0. The number of hydrogen-bond acceptors (Lipinski definition) is 8. The van der Waals surface area contributed by atoms with Gasteiger partial charge >= 0.3 is 5.97 Å². The summed E-state index contributed by atoms with van der Waals surface area (Å²) in [6, 6.07) is -0.367. The number of ether oxygens (including phenoxy) is 1. The van der Waals surface area contributed by atoms with Crippen LogP contribution in [0.1, 0.15) is 33.1 Å². The van der Waals surface area contributed by atoms with Crippen molar-refractivity contribution in [3.63, 3.8) is 0 Å². The number of carbonyl (C=O) groups excluding carboxylic acids is 1. The summed E-state index contributed by atoms with van der Waals surface area (Å²) in [7, 11) is -8.31. The minimum atomic E-state index is -4.22. The van der Waals surface area contributed by atoms with Crippen LogP contribution in [0.5, 0.6) is 0 Å². The third kappa shape index (κ3) is 7.21. The molecular weight excluding hydrogens is 322 g/mol. The van der Waals surface area contributed by atoms with E-state index in [0.717, 1.165) is 13.0 Å². The second kappa shape index (κ2) is 6.59. The van der Waals surface area contributed by atoms with Crippen molar-refractivity contribution in [2.24, 2.45) is 0 Å². The summed E-state index contributed by atoms with van der Waals surface area (Å²) in [6.45, 7) is 3.88. The average Bonchev–Trinajstić information content (AvgIpc) is 2.76. The fourth-order valence-electron chi connectivity index (χ4n) is 1.87. The SMILES string of the molecule is CC(C)(CCS(=O)(=O)OS(C)(=O)=O)OC(=O)[C@@H]1CCCN1. The molecule has 0 aliphatic carbocycles. The molecule has 124 valence electrons. The summed E-state index contributed by atoms with van der Waals surface area (Å²) in [5.74, 6) is -0.989. The molecule has 0 aromatic carbocycles. The summed E-state index contributed by atoms with van der Waals surface area (Å²) in [5, 5.41) is 2.99. The maximum Gasteiger partial charge on any atom is 0.323 e. The van der Waals surface area contributed by atoms with Gasteiger partial charge in [-0.3, -0.25) is 4.79 Å². The minimum absolute atomic E-state index is 0.0662. The van der Waals surface area contributed by atoms with Crippen molar-refractivity contribution in [1.29, 1.82) is 0 Å². The van der Waals surface area contributed by atoms with E-state index >= 15 is 0 Å². The van der Waals surface area contributed by atoms with Gasteiger partial charge in [0, 0.05) is 6.42 Å². The topological polar surface area (TPSA) is 116 Å². The highest BCUT2D eigenvalue weighted by Crippen LogP contribution is 2.19. The summed E-state index contributed by atoms with van der Waals surface area (Å²) < 4.78 is 53.9. The van der Waals surface area contributed by atoms with Gasteiger partial charge in [-0.2, -0.15) is 16.8 Å². The van der Waals surface area contributed by atoms with Crippen LogP contribution in [-0.4, -0.2) is 53.0 Å². The Labute approximate surface area is 125 Å². The fraction of sp³-hybridized carbons (Fsp3) is 0.909. The molecular formula is C11H21NO7S2. The van der Waals surface area contributed by atoms with Crippen LogP contribution in [-0.2, 0) is 33.4 Å². The Balaban J connectivity index is 2.54. The molecule has 1 aliphatic heterocycles. The Bertz CT molecular complexity index is 574. The van der Waals surface area contributed by atoms with Gasteiger partial charge in [-0.25, -0.2) is 0 Å². The second-order valence-corrected chi connectivity index (χ2v) is 9.09. The number of nitrogens with one attached hydrogen (secondary N) is 1. The van der Waals surface area contributed by atoms with Gasteiger partial charge < -0.3 is 10.1 Å². The smallest absolute Gasteiger partial charge is 0.323 e. The van der Waals surface area contributed by atoms with Gasteiger partial charge in [0.2, 0.25) is 0 Å². The van der Waals surface area contributed by atoms with E-state index in [1.165, 1.54) is 0 Å². The quantitative estimate of drug-likeness (QED) is 0.630. The maximum atomic E-state index is 11.9. The van der Waals surface area contributed by atoms with E-state index in [9.17, 15) is 21.6 Å². The van der Waals surface area contributed by atoms with Crippen molar-refractivity contribution in [2.45, 2.75) is 44.8 Å². The van der Waals surface area contributed by atoms with E-state index in [4.69, 9.17) is 4.74 Å². The van der Waals surface area contributed by atoms with Crippen molar-refractivity contribution in [1.82, 2.24) is 5.32 Å². The molecule has 1 aliphatic rings. The average molecular weight is 343 g/mol. The van der Waals surface area contributed by atoms with Crippen LogP contribution in [0.15, 0.2) is 0 Å². The molecule has 0 spiro atoms. The van der Waals surface area contributed by atoms with Crippen LogP contribution in [0.25, 0.3) is 0 Å². The van der Waals surface area contributed by atoms with Crippen molar-refractivity contribution >= 4 is 26.2 Å². The summed E-state index contributed by atoms with van der Waals surface area (Å²) in [5.41, 5.74) is -1.03. The van der Waals surface area contributed by atoms with Gasteiger partial charge in [-0.1, -0.05) is 0 Å². The Kier molecular flexibility index (Phi) is 5.76. The molecule has 1 heterocycles. The predicted molar refractivity (Wildman–Crippen MR) is 75.5 cm³/mol. The van der Waals surface area contributed by atoms with E-state index in [0.29, 0.717) is 12.7 Å². The highest BCUT2D eigenvalue weighted by Gasteiger charge is 2.31. The van der Waals surface area contributed by atoms with E-state index in [1.807, 2.05) is 0 Å². The Morgan fingerprint density at radius 3 is 2.38 bits per heavy atom. The first-order valence-corrected chi connectivity index (χ1v) is 9.90. The normalized spacial score (nSPS) is 20.4. The Morgan fingerprint density at radius 2 is 1.90 bits per heavy atom. The van der Waals surface area contributed by atoms with Crippen molar-refractivity contribution in [3.8, 4) is 0 Å². The molecule has 1 saturated heterocycles. The first kappa shape index (κ1) is 18.3. The molecule has 1 rings (SSSR count). The first-order chi connectivity index (χ1) is 9.40. The predicted octanol–water partition coefficient (Wildman–Crippen LogP) is -0.244. The second-order valence-electron chi connectivity index (χ2n) is 5.61.